The summed E-state index contributed by atoms with van der Waals surface area (Å²) in [6.07, 6.45) is 20.6. The highest BCUT2D eigenvalue weighted by atomic mass is 16.5. The van der Waals surface area contributed by atoms with Gasteiger partial charge in [-0.05, 0) is 117 Å². The van der Waals surface area contributed by atoms with Crippen LogP contribution in [0.2, 0.25) is 0 Å². The van der Waals surface area contributed by atoms with Crippen LogP contribution in [0.3, 0.4) is 0 Å². The van der Waals surface area contributed by atoms with E-state index < -0.39 is 0 Å². The molecule has 2 heteroatoms. The lowest BCUT2D eigenvalue weighted by Crippen LogP contribution is -2.53. The van der Waals surface area contributed by atoms with Crippen molar-refractivity contribution in [1.29, 1.82) is 0 Å². The van der Waals surface area contributed by atoms with Crippen LogP contribution in [0.25, 0.3) is 0 Å². The predicted octanol–water partition coefficient (Wildman–Crippen LogP) is 7.63. The summed E-state index contributed by atoms with van der Waals surface area (Å²) in [5.41, 5.74) is 1.15. The fourth-order valence-electron chi connectivity index (χ4n) is 9.48. The lowest BCUT2D eigenvalue weighted by Gasteiger charge is -2.61. The molecule has 0 heterocycles. The fourth-order valence-corrected chi connectivity index (χ4v) is 9.48. The van der Waals surface area contributed by atoms with Crippen molar-refractivity contribution in [2.24, 2.45) is 46.3 Å². The standard InChI is InChI=1S/C29H52O2/c1-5-21(16-19-31-4)8-6-7-9-22-11-13-26-25-12-10-23-20-24(30)14-17-29(23,3)27(25)15-18-28(22,26)2/h21-27,30H,5-20H2,1-4H3. The van der Waals surface area contributed by atoms with E-state index in [9.17, 15) is 5.11 Å². The Hall–Kier alpha value is -0.0800. The first-order chi connectivity index (χ1) is 14.9. The summed E-state index contributed by atoms with van der Waals surface area (Å²) < 4.78 is 5.31. The first-order valence-electron chi connectivity index (χ1n) is 14.1. The number of unbranched alkanes of at least 4 members (excludes halogenated alkanes) is 1. The first kappa shape index (κ1) is 24.1. The fraction of sp³-hybridized carbons (Fsp3) is 1.00. The van der Waals surface area contributed by atoms with E-state index >= 15 is 0 Å². The van der Waals surface area contributed by atoms with Gasteiger partial charge in [0, 0.05) is 13.7 Å². The molecule has 0 saturated heterocycles. The Bertz CT molecular complexity index is 575. The van der Waals surface area contributed by atoms with Gasteiger partial charge in [0.2, 0.25) is 0 Å². The third kappa shape index (κ3) is 4.64. The molecule has 0 aliphatic heterocycles. The van der Waals surface area contributed by atoms with Crippen molar-refractivity contribution in [3.63, 3.8) is 0 Å². The Kier molecular flexibility index (Phi) is 7.79. The number of hydrogen-bond donors (Lipinski definition) is 1. The van der Waals surface area contributed by atoms with Crippen LogP contribution >= 0.6 is 0 Å². The molecule has 0 spiro atoms. The SMILES string of the molecule is CCC(CCCCC1CCC2C3CCC4CC(O)CCC4(C)C3CCC12C)CCOC. The average molecular weight is 433 g/mol. The number of hydrogen-bond acceptors (Lipinski definition) is 2. The molecular formula is C29H52O2. The van der Waals surface area contributed by atoms with Crippen molar-refractivity contribution in [3.8, 4) is 0 Å². The second-order valence-electron chi connectivity index (χ2n) is 12.7. The van der Waals surface area contributed by atoms with E-state index in [0.29, 0.717) is 10.8 Å². The Morgan fingerprint density at radius 3 is 2.45 bits per heavy atom. The lowest BCUT2D eigenvalue weighted by atomic mass is 9.44. The van der Waals surface area contributed by atoms with Gasteiger partial charge in [-0.3, -0.25) is 0 Å². The second kappa shape index (κ2) is 10.0. The van der Waals surface area contributed by atoms with E-state index in [-0.39, 0.29) is 6.10 Å². The van der Waals surface area contributed by atoms with Crippen molar-refractivity contribution in [1.82, 2.24) is 0 Å². The summed E-state index contributed by atoms with van der Waals surface area (Å²) in [5.74, 6) is 5.57. The van der Waals surface area contributed by atoms with Gasteiger partial charge < -0.3 is 9.84 Å². The van der Waals surface area contributed by atoms with Gasteiger partial charge >= 0.3 is 0 Å². The van der Waals surface area contributed by atoms with E-state index in [4.69, 9.17) is 4.74 Å². The maximum absolute atomic E-state index is 10.3. The number of fused-ring (bicyclic) bond motifs is 5. The smallest absolute Gasteiger partial charge is 0.0543 e. The molecule has 0 aromatic carbocycles. The number of rotatable bonds is 9. The summed E-state index contributed by atoms with van der Waals surface area (Å²) in [6.45, 7) is 8.62. The van der Waals surface area contributed by atoms with Crippen LogP contribution in [0.5, 0.6) is 0 Å². The Balaban J connectivity index is 1.32. The van der Waals surface area contributed by atoms with E-state index in [1.807, 2.05) is 7.11 Å². The van der Waals surface area contributed by atoms with Crippen LogP contribution in [-0.2, 0) is 4.74 Å². The number of aliphatic hydroxyl groups excluding tert-OH is 1. The average Bonchev–Trinajstić information content (AvgIpc) is 3.10. The summed E-state index contributed by atoms with van der Waals surface area (Å²) in [7, 11) is 1.84. The zero-order chi connectivity index (χ0) is 22.1. The molecule has 4 rings (SSSR count). The van der Waals surface area contributed by atoms with Gasteiger partial charge in [-0.15, -0.1) is 0 Å². The lowest BCUT2D eigenvalue weighted by molar-refractivity contribution is -0.127. The minimum absolute atomic E-state index is 0.0128. The molecule has 4 fully saturated rings. The first-order valence-corrected chi connectivity index (χ1v) is 14.1. The van der Waals surface area contributed by atoms with Crippen LogP contribution in [-0.4, -0.2) is 24.9 Å². The molecule has 4 saturated carbocycles. The highest BCUT2D eigenvalue weighted by Crippen LogP contribution is 2.67. The summed E-state index contributed by atoms with van der Waals surface area (Å²) in [4.78, 5) is 0. The van der Waals surface area contributed by atoms with Gasteiger partial charge in [0.05, 0.1) is 6.10 Å². The number of methoxy groups -OCH3 is 1. The molecule has 4 aliphatic rings. The zero-order valence-corrected chi connectivity index (χ0v) is 21.2. The zero-order valence-electron chi connectivity index (χ0n) is 21.2. The quantitative estimate of drug-likeness (QED) is 0.379. The molecule has 31 heavy (non-hydrogen) atoms. The maximum Gasteiger partial charge on any atom is 0.0543 e. The van der Waals surface area contributed by atoms with Gasteiger partial charge in [0.15, 0.2) is 0 Å². The molecule has 180 valence electrons. The van der Waals surface area contributed by atoms with Crippen molar-refractivity contribution in [2.75, 3.05) is 13.7 Å². The number of aliphatic hydroxyl groups is 1. The molecule has 4 aliphatic carbocycles. The molecule has 0 amide bonds. The third-order valence-electron chi connectivity index (χ3n) is 11.6. The van der Waals surface area contributed by atoms with Gasteiger partial charge in [-0.1, -0.05) is 46.5 Å². The summed E-state index contributed by atoms with van der Waals surface area (Å²) in [5, 5.41) is 10.3. The number of ether oxygens (including phenoxy) is 1. The molecule has 0 aromatic rings. The second-order valence-corrected chi connectivity index (χ2v) is 12.7. The van der Waals surface area contributed by atoms with Gasteiger partial charge in [-0.25, -0.2) is 0 Å². The molecule has 2 nitrogen and oxygen atoms in total. The Labute approximate surface area is 193 Å². The van der Waals surface area contributed by atoms with E-state index in [1.54, 1.807) is 0 Å². The maximum atomic E-state index is 10.3. The largest absolute Gasteiger partial charge is 0.393 e. The van der Waals surface area contributed by atoms with Crippen molar-refractivity contribution in [2.45, 2.75) is 123 Å². The summed E-state index contributed by atoms with van der Waals surface area (Å²) in [6, 6.07) is 0. The normalized spacial score (nSPS) is 45.6. The van der Waals surface area contributed by atoms with Gasteiger partial charge in [0.25, 0.3) is 0 Å². The summed E-state index contributed by atoms with van der Waals surface area (Å²) >= 11 is 0. The van der Waals surface area contributed by atoms with Crippen LogP contribution in [0.15, 0.2) is 0 Å². The van der Waals surface area contributed by atoms with Crippen LogP contribution in [0.4, 0.5) is 0 Å². The molecular weight excluding hydrogens is 380 g/mol. The Morgan fingerprint density at radius 1 is 0.903 bits per heavy atom. The molecule has 9 atom stereocenters. The van der Waals surface area contributed by atoms with Crippen LogP contribution < -0.4 is 0 Å². The Morgan fingerprint density at radius 2 is 1.68 bits per heavy atom. The minimum Gasteiger partial charge on any atom is -0.393 e. The highest BCUT2D eigenvalue weighted by molar-refractivity contribution is 5.09. The van der Waals surface area contributed by atoms with Gasteiger partial charge in [-0.2, -0.15) is 0 Å². The molecule has 0 bridgehead atoms. The van der Waals surface area contributed by atoms with E-state index in [2.05, 4.69) is 20.8 Å². The monoisotopic (exact) mass is 432 g/mol. The van der Waals surface area contributed by atoms with Crippen LogP contribution in [0.1, 0.15) is 117 Å². The molecule has 9 unspecified atom stereocenters. The molecule has 0 aromatic heterocycles. The van der Waals surface area contributed by atoms with Crippen molar-refractivity contribution < 1.29 is 9.84 Å². The topological polar surface area (TPSA) is 29.5 Å². The molecule has 1 N–H and O–H groups in total. The molecule has 0 radical (unpaired) electrons. The third-order valence-corrected chi connectivity index (χ3v) is 11.6. The van der Waals surface area contributed by atoms with Crippen molar-refractivity contribution >= 4 is 0 Å². The minimum atomic E-state index is -0.0128. The highest BCUT2D eigenvalue weighted by Gasteiger charge is 2.59. The van der Waals surface area contributed by atoms with E-state index in [1.165, 1.54) is 83.5 Å². The van der Waals surface area contributed by atoms with Gasteiger partial charge in [0.1, 0.15) is 0 Å². The van der Waals surface area contributed by atoms with Crippen LogP contribution in [0, 0.1) is 46.3 Å². The van der Waals surface area contributed by atoms with Crippen molar-refractivity contribution in [3.05, 3.63) is 0 Å². The van der Waals surface area contributed by atoms with E-state index in [0.717, 1.165) is 55.0 Å². The predicted molar refractivity (Wildman–Crippen MR) is 130 cm³/mol.